The fourth-order valence-corrected chi connectivity index (χ4v) is 0.742. The van der Waals surface area contributed by atoms with Crippen LogP contribution in [0.25, 0.3) is 0 Å². The molecule has 0 aromatic heterocycles. The summed E-state index contributed by atoms with van der Waals surface area (Å²) in [5.41, 5.74) is 1.07. The van der Waals surface area contributed by atoms with E-state index in [2.05, 4.69) is 0 Å². The van der Waals surface area contributed by atoms with Crippen LogP contribution in [-0.4, -0.2) is 11.1 Å². The number of allylic oxidation sites excluding steroid dienone is 1. The molecule has 2 heteroatoms. The highest BCUT2D eigenvalue weighted by molar-refractivity contribution is 5.78. The molecule has 0 bridgehead atoms. The summed E-state index contributed by atoms with van der Waals surface area (Å²) in [6.45, 7) is 1.87. The zero-order valence-electron chi connectivity index (χ0n) is 4.72. The summed E-state index contributed by atoms with van der Waals surface area (Å²) < 4.78 is 0. The van der Waals surface area contributed by atoms with Crippen LogP contribution in [0.15, 0.2) is 11.6 Å². The second kappa shape index (κ2) is 1.62. The maximum atomic E-state index is 10.1. The van der Waals surface area contributed by atoms with Gasteiger partial charge in [0.05, 0.1) is 5.92 Å². The van der Waals surface area contributed by atoms with Gasteiger partial charge in [-0.25, -0.2) is 0 Å². The summed E-state index contributed by atoms with van der Waals surface area (Å²) in [4.78, 5) is 10.1. The fraction of sp³-hybridized carbons (Fsp3) is 0.500. The highest BCUT2D eigenvalue weighted by atomic mass is 16.4. The number of carbonyl (C=O) groups is 1. The maximum Gasteiger partial charge on any atom is 0.310 e. The van der Waals surface area contributed by atoms with Gasteiger partial charge in [0.2, 0.25) is 0 Å². The Morgan fingerprint density at radius 2 is 2.62 bits per heavy atom. The maximum absolute atomic E-state index is 10.1. The van der Waals surface area contributed by atoms with Gasteiger partial charge in [-0.15, -0.1) is 0 Å². The third-order valence-corrected chi connectivity index (χ3v) is 1.40. The van der Waals surface area contributed by atoms with Gasteiger partial charge < -0.3 is 5.11 Å². The van der Waals surface area contributed by atoms with E-state index in [1.807, 2.05) is 13.0 Å². The minimum Gasteiger partial charge on any atom is -0.481 e. The molecule has 1 aliphatic rings. The van der Waals surface area contributed by atoms with Gasteiger partial charge in [0.1, 0.15) is 0 Å². The van der Waals surface area contributed by atoms with Crippen LogP contribution in [0.2, 0.25) is 0 Å². The van der Waals surface area contributed by atoms with Crippen molar-refractivity contribution in [1.82, 2.24) is 0 Å². The molecule has 1 fully saturated rings. The monoisotopic (exact) mass is 112 g/mol. The van der Waals surface area contributed by atoms with Crippen LogP contribution < -0.4 is 0 Å². The predicted octanol–water partition coefficient (Wildman–Crippen LogP) is 1.04. The van der Waals surface area contributed by atoms with Crippen LogP contribution in [0.5, 0.6) is 0 Å². The third kappa shape index (κ3) is 0.735. The van der Waals surface area contributed by atoms with E-state index < -0.39 is 5.97 Å². The first-order chi connectivity index (χ1) is 3.75. The number of carboxylic acids is 1. The van der Waals surface area contributed by atoms with Gasteiger partial charge in [-0.1, -0.05) is 11.6 Å². The first-order valence-electron chi connectivity index (χ1n) is 2.63. The standard InChI is InChI=1S/C6H8O2/c1-2-4-3-5(4)6(7)8/h2,5H,3H2,1H3,(H,7,8). The van der Waals surface area contributed by atoms with Gasteiger partial charge in [-0.2, -0.15) is 0 Å². The van der Waals surface area contributed by atoms with E-state index in [1.54, 1.807) is 0 Å². The summed E-state index contributed by atoms with van der Waals surface area (Å²) in [6, 6.07) is 0. The smallest absolute Gasteiger partial charge is 0.310 e. The zero-order valence-corrected chi connectivity index (χ0v) is 4.72. The number of hydrogen-bond donors (Lipinski definition) is 1. The molecular formula is C6H8O2. The molecule has 1 N–H and O–H groups in total. The Labute approximate surface area is 47.8 Å². The number of aliphatic carboxylic acids is 1. The molecule has 0 heterocycles. The average molecular weight is 112 g/mol. The second-order valence-corrected chi connectivity index (χ2v) is 1.96. The molecule has 1 rings (SSSR count). The number of carboxylic acid groups (broad SMARTS) is 1. The van der Waals surface area contributed by atoms with Gasteiger partial charge >= 0.3 is 5.97 Å². The number of hydrogen-bond acceptors (Lipinski definition) is 1. The van der Waals surface area contributed by atoms with Gasteiger partial charge in [0.15, 0.2) is 0 Å². The van der Waals surface area contributed by atoms with E-state index >= 15 is 0 Å². The molecule has 1 atom stereocenters. The van der Waals surface area contributed by atoms with Gasteiger partial charge in [-0.05, 0) is 13.3 Å². The van der Waals surface area contributed by atoms with Crippen LogP contribution >= 0.6 is 0 Å². The van der Waals surface area contributed by atoms with Crippen molar-refractivity contribution >= 4 is 5.97 Å². The van der Waals surface area contributed by atoms with Gasteiger partial charge in [0.25, 0.3) is 0 Å². The molecule has 44 valence electrons. The largest absolute Gasteiger partial charge is 0.481 e. The molecule has 8 heavy (non-hydrogen) atoms. The Balaban J connectivity index is 2.49. The van der Waals surface area contributed by atoms with Crippen molar-refractivity contribution in [2.24, 2.45) is 5.92 Å². The molecule has 0 aromatic rings. The normalized spacial score (nSPS) is 30.6. The van der Waals surface area contributed by atoms with Crippen molar-refractivity contribution in [1.29, 1.82) is 0 Å². The molecule has 0 amide bonds. The third-order valence-electron chi connectivity index (χ3n) is 1.40. The summed E-state index contributed by atoms with van der Waals surface area (Å²) >= 11 is 0. The molecule has 0 spiro atoms. The summed E-state index contributed by atoms with van der Waals surface area (Å²) in [6.07, 6.45) is 2.64. The van der Waals surface area contributed by atoms with Crippen molar-refractivity contribution in [3.05, 3.63) is 11.6 Å². The van der Waals surface area contributed by atoms with E-state index in [0.29, 0.717) is 0 Å². The minimum absolute atomic E-state index is 0.139. The van der Waals surface area contributed by atoms with Crippen LogP contribution in [0.4, 0.5) is 0 Å². The topological polar surface area (TPSA) is 37.3 Å². The van der Waals surface area contributed by atoms with Crippen molar-refractivity contribution < 1.29 is 9.90 Å². The Morgan fingerprint density at radius 3 is 2.75 bits per heavy atom. The average Bonchev–Trinajstić information content (AvgIpc) is 2.42. The molecule has 1 unspecified atom stereocenters. The molecule has 1 aliphatic carbocycles. The first kappa shape index (κ1) is 5.35. The van der Waals surface area contributed by atoms with Crippen LogP contribution in [0.3, 0.4) is 0 Å². The number of rotatable bonds is 1. The zero-order chi connectivity index (χ0) is 6.15. The lowest BCUT2D eigenvalue weighted by Gasteiger charge is -1.77. The van der Waals surface area contributed by atoms with Crippen LogP contribution in [0, 0.1) is 5.92 Å². The highest BCUT2D eigenvalue weighted by Gasteiger charge is 2.35. The molecule has 2 nitrogen and oxygen atoms in total. The van der Waals surface area contributed by atoms with E-state index in [1.165, 1.54) is 0 Å². The van der Waals surface area contributed by atoms with E-state index in [0.717, 1.165) is 12.0 Å². The molecule has 0 saturated heterocycles. The van der Waals surface area contributed by atoms with Crippen LogP contribution in [-0.2, 0) is 4.79 Å². The molecule has 0 radical (unpaired) electrons. The fourth-order valence-electron chi connectivity index (χ4n) is 0.742. The Hall–Kier alpha value is -0.790. The molecular weight excluding hydrogens is 104 g/mol. The van der Waals surface area contributed by atoms with Gasteiger partial charge in [-0.3, -0.25) is 4.79 Å². The lowest BCUT2D eigenvalue weighted by Crippen LogP contribution is -1.95. The van der Waals surface area contributed by atoms with E-state index in [-0.39, 0.29) is 5.92 Å². The van der Waals surface area contributed by atoms with Crippen molar-refractivity contribution in [2.45, 2.75) is 13.3 Å². The van der Waals surface area contributed by atoms with Gasteiger partial charge in [0, 0.05) is 0 Å². The van der Waals surface area contributed by atoms with Crippen molar-refractivity contribution in [3.63, 3.8) is 0 Å². The minimum atomic E-state index is -0.682. The quantitative estimate of drug-likeness (QED) is 0.514. The second-order valence-electron chi connectivity index (χ2n) is 1.96. The first-order valence-corrected chi connectivity index (χ1v) is 2.63. The van der Waals surface area contributed by atoms with Crippen molar-refractivity contribution in [2.75, 3.05) is 0 Å². The Kier molecular flexibility index (Phi) is 1.08. The Bertz CT molecular complexity index is 147. The summed E-state index contributed by atoms with van der Waals surface area (Å²) in [5, 5.41) is 8.31. The molecule has 0 aromatic carbocycles. The molecule has 1 saturated carbocycles. The Morgan fingerprint density at radius 1 is 2.00 bits per heavy atom. The highest BCUT2D eigenvalue weighted by Crippen LogP contribution is 2.37. The van der Waals surface area contributed by atoms with Crippen molar-refractivity contribution in [3.8, 4) is 0 Å². The van der Waals surface area contributed by atoms with E-state index in [9.17, 15) is 4.79 Å². The lowest BCUT2D eigenvalue weighted by molar-refractivity contribution is -0.138. The predicted molar refractivity (Wildman–Crippen MR) is 29.5 cm³/mol. The summed E-state index contributed by atoms with van der Waals surface area (Å²) in [7, 11) is 0. The SMILES string of the molecule is CC=C1CC1C(=O)O. The van der Waals surface area contributed by atoms with E-state index in [4.69, 9.17) is 5.11 Å². The van der Waals surface area contributed by atoms with Crippen LogP contribution in [0.1, 0.15) is 13.3 Å². The summed E-state index contributed by atoms with van der Waals surface area (Å²) in [5.74, 6) is -0.821. The molecule has 0 aliphatic heterocycles. The lowest BCUT2D eigenvalue weighted by atomic mass is 10.4.